The van der Waals surface area contributed by atoms with Crippen molar-refractivity contribution in [3.05, 3.63) is 11.6 Å². The van der Waals surface area contributed by atoms with Crippen LogP contribution in [0.3, 0.4) is 0 Å². The van der Waals surface area contributed by atoms with E-state index in [0.717, 1.165) is 13.1 Å². The maximum atomic E-state index is 8.90. The van der Waals surface area contributed by atoms with Gasteiger partial charge < -0.3 is 5.11 Å². The maximum absolute atomic E-state index is 8.90. The Kier molecular flexibility index (Phi) is 5.44. The molecule has 0 amide bonds. The normalized spacial score (nSPS) is 19.3. The van der Waals surface area contributed by atoms with Gasteiger partial charge in [-0.25, -0.2) is 0 Å². The SMILES string of the molecule is OCCN(CC=CCl)C1CCCC1. The third kappa shape index (κ3) is 3.67. The standard InChI is InChI=1S/C10H18ClNO/c11-6-3-7-12(8-9-13)10-4-1-2-5-10/h3,6,10,13H,1-2,4-5,7-9H2. The molecule has 0 heterocycles. The minimum absolute atomic E-state index is 0.243. The van der Waals surface area contributed by atoms with Crippen molar-refractivity contribution >= 4 is 11.6 Å². The van der Waals surface area contributed by atoms with E-state index >= 15 is 0 Å². The second kappa shape index (κ2) is 6.41. The van der Waals surface area contributed by atoms with Crippen LogP contribution in [0, 0.1) is 0 Å². The minimum atomic E-state index is 0.243. The molecule has 1 N–H and O–H groups in total. The van der Waals surface area contributed by atoms with Crippen molar-refractivity contribution < 1.29 is 5.11 Å². The summed E-state index contributed by atoms with van der Waals surface area (Å²) in [4.78, 5) is 2.31. The number of hydrogen-bond donors (Lipinski definition) is 1. The Labute approximate surface area is 85.2 Å². The number of aliphatic hydroxyl groups is 1. The zero-order chi connectivity index (χ0) is 9.52. The first-order valence-electron chi connectivity index (χ1n) is 4.98. The molecule has 3 heteroatoms. The van der Waals surface area contributed by atoms with Crippen molar-refractivity contribution in [3.63, 3.8) is 0 Å². The van der Waals surface area contributed by atoms with E-state index in [4.69, 9.17) is 16.7 Å². The molecule has 0 atom stereocenters. The van der Waals surface area contributed by atoms with Crippen LogP contribution in [0.4, 0.5) is 0 Å². The van der Waals surface area contributed by atoms with Crippen molar-refractivity contribution in [2.75, 3.05) is 19.7 Å². The van der Waals surface area contributed by atoms with Crippen molar-refractivity contribution in [1.82, 2.24) is 4.90 Å². The molecule has 1 aliphatic rings. The molecule has 0 radical (unpaired) electrons. The second-order valence-electron chi connectivity index (χ2n) is 3.52. The Hall–Kier alpha value is -0.0500. The minimum Gasteiger partial charge on any atom is -0.395 e. The highest BCUT2D eigenvalue weighted by Gasteiger charge is 2.20. The molecule has 1 rings (SSSR count). The molecule has 1 aliphatic carbocycles. The highest BCUT2D eigenvalue weighted by Crippen LogP contribution is 2.22. The van der Waals surface area contributed by atoms with Gasteiger partial charge in [0.1, 0.15) is 0 Å². The smallest absolute Gasteiger partial charge is 0.0558 e. The van der Waals surface area contributed by atoms with Gasteiger partial charge in [-0.1, -0.05) is 30.5 Å². The number of halogens is 1. The van der Waals surface area contributed by atoms with Crippen LogP contribution in [-0.4, -0.2) is 35.7 Å². The molecular weight excluding hydrogens is 186 g/mol. The molecule has 1 fully saturated rings. The quantitative estimate of drug-likeness (QED) is 0.739. The Balaban J connectivity index is 2.35. The molecular formula is C10H18ClNO. The van der Waals surface area contributed by atoms with E-state index in [2.05, 4.69) is 4.90 Å². The summed E-state index contributed by atoms with van der Waals surface area (Å²) in [6.07, 6.45) is 7.15. The van der Waals surface area contributed by atoms with E-state index in [-0.39, 0.29) is 6.61 Å². The summed E-state index contributed by atoms with van der Waals surface area (Å²) in [6, 6.07) is 0.667. The lowest BCUT2D eigenvalue weighted by Crippen LogP contribution is -2.35. The fourth-order valence-electron chi connectivity index (χ4n) is 2.00. The zero-order valence-corrected chi connectivity index (χ0v) is 8.71. The summed E-state index contributed by atoms with van der Waals surface area (Å²) in [5, 5.41) is 8.90. The average molecular weight is 204 g/mol. The lowest BCUT2D eigenvalue weighted by Gasteiger charge is -2.26. The van der Waals surface area contributed by atoms with Gasteiger partial charge in [0.05, 0.1) is 6.61 Å². The van der Waals surface area contributed by atoms with Crippen LogP contribution >= 0.6 is 11.6 Å². The Morgan fingerprint density at radius 2 is 2.08 bits per heavy atom. The van der Waals surface area contributed by atoms with Crippen LogP contribution in [0.15, 0.2) is 11.6 Å². The molecule has 0 aromatic carbocycles. The molecule has 0 saturated heterocycles. The Bertz CT molecular complexity index is 155. The predicted molar refractivity (Wildman–Crippen MR) is 55.9 cm³/mol. The van der Waals surface area contributed by atoms with Crippen LogP contribution in [0.2, 0.25) is 0 Å². The van der Waals surface area contributed by atoms with E-state index in [1.54, 1.807) is 5.54 Å². The third-order valence-corrected chi connectivity index (χ3v) is 2.84. The number of hydrogen-bond acceptors (Lipinski definition) is 2. The van der Waals surface area contributed by atoms with Crippen molar-refractivity contribution in [3.8, 4) is 0 Å². The van der Waals surface area contributed by atoms with Crippen molar-refractivity contribution in [1.29, 1.82) is 0 Å². The summed E-state index contributed by atoms with van der Waals surface area (Å²) in [6.45, 7) is 1.88. The van der Waals surface area contributed by atoms with E-state index in [1.807, 2.05) is 6.08 Å². The van der Waals surface area contributed by atoms with E-state index in [0.29, 0.717) is 6.04 Å². The Morgan fingerprint density at radius 1 is 1.38 bits per heavy atom. The van der Waals surface area contributed by atoms with Crippen molar-refractivity contribution in [2.24, 2.45) is 0 Å². The van der Waals surface area contributed by atoms with Gasteiger partial charge >= 0.3 is 0 Å². The van der Waals surface area contributed by atoms with E-state index < -0.39 is 0 Å². The van der Waals surface area contributed by atoms with Gasteiger partial charge in [0.25, 0.3) is 0 Å². The van der Waals surface area contributed by atoms with E-state index in [1.165, 1.54) is 25.7 Å². The molecule has 0 aromatic rings. The topological polar surface area (TPSA) is 23.5 Å². The molecule has 0 aromatic heterocycles. The van der Waals surface area contributed by atoms with Crippen molar-refractivity contribution in [2.45, 2.75) is 31.7 Å². The van der Waals surface area contributed by atoms with Crippen LogP contribution in [0.25, 0.3) is 0 Å². The molecule has 13 heavy (non-hydrogen) atoms. The summed E-state index contributed by atoms with van der Waals surface area (Å²) < 4.78 is 0. The highest BCUT2D eigenvalue weighted by molar-refractivity contribution is 6.25. The first-order valence-corrected chi connectivity index (χ1v) is 5.42. The molecule has 2 nitrogen and oxygen atoms in total. The molecule has 76 valence electrons. The lowest BCUT2D eigenvalue weighted by atomic mass is 10.2. The zero-order valence-electron chi connectivity index (χ0n) is 7.95. The fourth-order valence-corrected chi connectivity index (χ4v) is 2.08. The number of aliphatic hydroxyl groups excluding tert-OH is 1. The molecule has 0 unspecified atom stereocenters. The Morgan fingerprint density at radius 3 is 2.62 bits per heavy atom. The number of nitrogens with zero attached hydrogens (tertiary/aromatic N) is 1. The second-order valence-corrected chi connectivity index (χ2v) is 3.77. The average Bonchev–Trinajstić information content (AvgIpc) is 2.65. The largest absolute Gasteiger partial charge is 0.395 e. The van der Waals surface area contributed by atoms with Crippen LogP contribution in [-0.2, 0) is 0 Å². The molecule has 1 saturated carbocycles. The van der Waals surface area contributed by atoms with E-state index in [9.17, 15) is 0 Å². The molecule has 0 aliphatic heterocycles. The summed E-state index contributed by atoms with van der Waals surface area (Å²) in [5.41, 5.74) is 1.55. The van der Waals surface area contributed by atoms with Crippen LogP contribution in [0.1, 0.15) is 25.7 Å². The molecule has 0 spiro atoms. The predicted octanol–water partition coefficient (Wildman–Crippen LogP) is 1.98. The van der Waals surface area contributed by atoms with Gasteiger partial charge in [0, 0.05) is 24.7 Å². The molecule has 0 bridgehead atoms. The third-order valence-electron chi connectivity index (χ3n) is 2.66. The summed E-state index contributed by atoms with van der Waals surface area (Å²) in [7, 11) is 0. The summed E-state index contributed by atoms with van der Waals surface area (Å²) in [5.74, 6) is 0. The van der Waals surface area contributed by atoms with Gasteiger partial charge in [-0.3, -0.25) is 4.90 Å². The fraction of sp³-hybridized carbons (Fsp3) is 0.800. The van der Waals surface area contributed by atoms with Gasteiger partial charge in [0.15, 0.2) is 0 Å². The van der Waals surface area contributed by atoms with Gasteiger partial charge in [-0.05, 0) is 12.8 Å². The van der Waals surface area contributed by atoms with Gasteiger partial charge in [0.2, 0.25) is 0 Å². The summed E-state index contributed by atoms with van der Waals surface area (Å²) >= 11 is 5.48. The van der Waals surface area contributed by atoms with Crippen LogP contribution in [0.5, 0.6) is 0 Å². The highest BCUT2D eigenvalue weighted by atomic mass is 35.5. The van der Waals surface area contributed by atoms with Gasteiger partial charge in [-0.15, -0.1) is 0 Å². The number of rotatable bonds is 5. The lowest BCUT2D eigenvalue weighted by molar-refractivity contribution is 0.165. The van der Waals surface area contributed by atoms with Crippen LogP contribution < -0.4 is 0 Å². The van der Waals surface area contributed by atoms with Gasteiger partial charge in [-0.2, -0.15) is 0 Å². The first-order chi connectivity index (χ1) is 6.38. The maximum Gasteiger partial charge on any atom is 0.0558 e. The monoisotopic (exact) mass is 203 g/mol. The first kappa shape index (κ1) is 11.0.